The molecule has 3 rings (SSSR count). The lowest BCUT2D eigenvalue weighted by Gasteiger charge is -2.33. The van der Waals surface area contributed by atoms with Crippen LogP contribution >= 0.6 is 12.4 Å². The second-order valence-electron chi connectivity index (χ2n) is 8.58. The third-order valence-electron chi connectivity index (χ3n) is 5.44. The minimum Gasteiger partial charge on any atom is -0.343 e. The first-order valence-electron chi connectivity index (χ1n) is 9.78. The zero-order valence-corrected chi connectivity index (χ0v) is 18.3. The summed E-state index contributed by atoms with van der Waals surface area (Å²) in [5.41, 5.74) is 3.46. The van der Waals surface area contributed by atoms with E-state index in [9.17, 15) is 4.79 Å². The van der Waals surface area contributed by atoms with Crippen LogP contribution in [0.15, 0.2) is 24.3 Å². The Labute approximate surface area is 173 Å². The maximum atomic E-state index is 13.1. The topological polar surface area (TPSA) is 71.8 Å². The molecule has 1 aromatic carbocycles. The Morgan fingerprint density at radius 2 is 1.86 bits per heavy atom. The predicted molar refractivity (Wildman–Crippen MR) is 114 cm³/mol. The van der Waals surface area contributed by atoms with E-state index in [2.05, 4.69) is 60.8 Å². The van der Waals surface area contributed by atoms with Crippen molar-refractivity contribution in [2.24, 2.45) is 5.41 Å². The summed E-state index contributed by atoms with van der Waals surface area (Å²) in [6.07, 6.45) is 2.03. The molecular weight excluding hydrogens is 374 g/mol. The fraction of sp³-hybridized carbons (Fsp3) is 0.571. The number of carbonyl (C=O) groups is 1. The predicted octanol–water partition coefficient (Wildman–Crippen LogP) is 3.76. The highest BCUT2D eigenvalue weighted by atomic mass is 35.5. The summed E-state index contributed by atoms with van der Waals surface area (Å²) in [5.74, 6) is -0.157. The molecular formula is C21H32ClN5O. The molecule has 1 aliphatic rings. The second-order valence-corrected chi connectivity index (χ2v) is 8.58. The van der Waals surface area contributed by atoms with Crippen molar-refractivity contribution in [3.63, 3.8) is 0 Å². The van der Waals surface area contributed by atoms with E-state index in [1.54, 1.807) is 0 Å². The molecule has 28 heavy (non-hydrogen) atoms. The van der Waals surface area contributed by atoms with Gasteiger partial charge in [-0.3, -0.25) is 4.79 Å². The number of nitrogens with one attached hydrogen (secondary N) is 2. The van der Waals surface area contributed by atoms with E-state index < -0.39 is 0 Å². The summed E-state index contributed by atoms with van der Waals surface area (Å²) in [4.78, 5) is 13.1. The van der Waals surface area contributed by atoms with Crippen LogP contribution in [0.5, 0.6) is 0 Å². The normalized spacial score (nSPS) is 16.3. The average molecular weight is 406 g/mol. The molecule has 154 valence electrons. The van der Waals surface area contributed by atoms with Gasteiger partial charge in [0.25, 0.3) is 5.91 Å². The third-order valence-corrected chi connectivity index (χ3v) is 5.44. The van der Waals surface area contributed by atoms with Gasteiger partial charge in [0.1, 0.15) is 0 Å². The molecule has 0 saturated carbocycles. The molecule has 1 aromatic heterocycles. The number of amides is 1. The van der Waals surface area contributed by atoms with Gasteiger partial charge in [0.2, 0.25) is 0 Å². The molecule has 2 aromatic rings. The molecule has 2 N–H and O–H groups in total. The van der Waals surface area contributed by atoms with Crippen LogP contribution in [-0.2, 0) is 0 Å². The fourth-order valence-electron chi connectivity index (χ4n) is 3.82. The van der Waals surface area contributed by atoms with Gasteiger partial charge in [-0.15, -0.1) is 17.5 Å². The van der Waals surface area contributed by atoms with Gasteiger partial charge < -0.3 is 10.6 Å². The zero-order valence-electron chi connectivity index (χ0n) is 17.5. The fourth-order valence-corrected chi connectivity index (χ4v) is 3.82. The summed E-state index contributed by atoms with van der Waals surface area (Å²) in [6.45, 7) is 12.4. The zero-order chi connectivity index (χ0) is 19.6. The minimum atomic E-state index is -0.157. The molecule has 0 radical (unpaired) electrons. The minimum absolute atomic E-state index is 0. The quantitative estimate of drug-likeness (QED) is 0.812. The third kappa shape index (κ3) is 4.73. The Kier molecular flexibility index (Phi) is 7.23. The molecule has 1 unspecified atom stereocenters. The van der Waals surface area contributed by atoms with Crippen LogP contribution in [0.2, 0.25) is 0 Å². The first kappa shape index (κ1) is 22.4. The monoisotopic (exact) mass is 405 g/mol. The van der Waals surface area contributed by atoms with E-state index in [0.29, 0.717) is 11.7 Å². The molecule has 0 spiro atoms. The van der Waals surface area contributed by atoms with Crippen molar-refractivity contribution < 1.29 is 4.79 Å². The molecule has 1 fully saturated rings. The average Bonchev–Trinajstić information content (AvgIpc) is 3.02. The first-order chi connectivity index (χ1) is 12.8. The first-order valence-corrected chi connectivity index (χ1v) is 9.78. The van der Waals surface area contributed by atoms with E-state index in [1.165, 1.54) is 5.56 Å². The highest BCUT2D eigenvalue weighted by Crippen LogP contribution is 2.34. The summed E-state index contributed by atoms with van der Waals surface area (Å²) in [7, 11) is 0. The number of piperidine rings is 1. The van der Waals surface area contributed by atoms with Crippen molar-refractivity contribution in [1.82, 2.24) is 25.6 Å². The molecule has 0 aliphatic carbocycles. The Bertz CT molecular complexity index is 805. The van der Waals surface area contributed by atoms with Crippen LogP contribution in [0.3, 0.4) is 0 Å². The highest BCUT2D eigenvalue weighted by Gasteiger charge is 2.31. The van der Waals surface area contributed by atoms with Crippen LogP contribution in [0.1, 0.15) is 73.0 Å². The highest BCUT2D eigenvalue weighted by molar-refractivity contribution is 5.93. The number of hydrogen-bond donors (Lipinski definition) is 2. The molecule has 1 atom stereocenters. The van der Waals surface area contributed by atoms with Crippen molar-refractivity contribution in [3.05, 3.63) is 46.8 Å². The van der Waals surface area contributed by atoms with Gasteiger partial charge in [0.15, 0.2) is 5.69 Å². The van der Waals surface area contributed by atoms with Crippen LogP contribution in [0, 0.1) is 19.3 Å². The van der Waals surface area contributed by atoms with Crippen molar-refractivity contribution in [2.75, 3.05) is 13.1 Å². The molecule has 7 heteroatoms. The van der Waals surface area contributed by atoms with Gasteiger partial charge in [-0.2, -0.15) is 0 Å². The summed E-state index contributed by atoms with van der Waals surface area (Å²) < 4.78 is 1.93. The number of aromatic nitrogens is 3. The maximum absolute atomic E-state index is 13.1. The Morgan fingerprint density at radius 1 is 1.21 bits per heavy atom. The van der Waals surface area contributed by atoms with E-state index in [0.717, 1.165) is 37.2 Å². The Morgan fingerprint density at radius 3 is 2.46 bits per heavy atom. The molecule has 1 amide bonds. The van der Waals surface area contributed by atoms with Crippen molar-refractivity contribution in [1.29, 1.82) is 0 Å². The standard InChI is InChI=1S/C21H31N5O.ClH/c1-14-8-6-7-9-17(14)19(21(3,4)5)23-20(27)18-15(2)26(25-24-18)16-10-12-22-13-11-16;/h6-9,16,19,22H,10-13H2,1-5H3,(H,23,27);1H. The molecule has 6 nitrogen and oxygen atoms in total. The lowest BCUT2D eigenvalue weighted by molar-refractivity contribution is 0.0895. The Hall–Kier alpha value is -1.92. The number of hydrogen-bond acceptors (Lipinski definition) is 4. The van der Waals surface area contributed by atoms with E-state index >= 15 is 0 Å². The second kappa shape index (κ2) is 9.05. The molecule has 1 saturated heterocycles. The van der Waals surface area contributed by atoms with E-state index in [-0.39, 0.29) is 29.8 Å². The van der Waals surface area contributed by atoms with Gasteiger partial charge in [-0.25, -0.2) is 4.68 Å². The maximum Gasteiger partial charge on any atom is 0.274 e. The van der Waals surface area contributed by atoms with Crippen molar-refractivity contribution in [2.45, 2.75) is 59.5 Å². The number of carbonyl (C=O) groups excluding carboxylic acids is 1. The van der Waals surface area contributed by atoms with Gasteiger partial charge in [0.05, 0.1) is 17.8 Å². The molecule has 2 heterocycles. The SMILES string of the molecule is Cc1ccccc1C(NC(=O)c1nnn(C2CCNCC2)c1C)C(C)(C)C.Cl. The number of halogens is 1. The van der Waals surface area contributed by atoms with Crippen LogP contribution in [0.4, 0.5) is 0 Å². The van der Waals surface area contributed by atoms with Gasteiger partial charge in [-0.1, -0.05) is 50.3 Å². The summed E-state index contributed by atoms with van der Waals surface area (Å²) in [5, 5.41) is 15.1. The number of nitrogens with zero attached hydrogens (tertiary/aromatic N) is 3. The van der Waals surface area contributed by atoms with Crippen LogP contribution in [-0.4, -0.2) is 34.0 Å². The van der Waals surface area contributed by atoms with Crippen LogP contribution in [0.25, 0.3) is 0 Å². The lowest BCUT2D eigenvalue weighted by atomic mass is 9.80. The molecule has 0 bridgehead atoms. The smallest absolute Gasteiger partial charge is 0.274 e. The largest absolute Gasteiger partial charge is 0.343 e. The van der Waals surface area contributed by atoms with E-state index in [1.807, 2.05) is 23.7 Å². The number of aryl methyl sites for hydroxylation is 1. The van der Waals surface area contributed by atoms with Crippen molar-refractivity contribution in [3.8, 4) is 0 Å². The van der Waals surface area contributed by atoms with Crippen molar-refractivity contribution >= 4 is 18.3 Å². The van der Waals surface area contributed by atoms with Crippen LogP contribution < -0.4 is 10.6 Å². The lowest BCUT2D eigenvalue weighted by Crippen LogP contribution is -2.37. The Balaban J connectivity index is 0.00000280. The summed E-state index contributed by atoms with van der Waals surface area (Å²) >= 11 is 0. The van der Waals surface area contributed by atoms with Gasteiger partial charge in [-0.05, 0) is 56.3 Å². The van der Waals surface area contributed by atoms with Gasteiger partial charge in [0, 0.05) is 0 Å². The number of rotatable bonds is 4. The van der Waals surface area contributed by atoms with Gasteiger partial charge >= 0.3 is 0 Å². The van der Waals surface area contributed by atoms with E-state index in [4.69, 9.17) is 0 Å². The summed E-state index contributed by atoms with van der Waals surface area (Å²) in [6, 6.07) is 8.43. The number of benzene rings is 1. The molecule has 1 aliphatic heterocycles.